The van der Waals surface area contributed by atoms with Crippen molar-refractivity contribution in [2.24, 2.45) is 5.73 Å². The van der Waals surface area contributed by atoms with E-state index in [1.165, 1.54) is 0 Å². The molecule has 32 heavy (non-hydrogen) atoms. The van der Waals surface area contributed by atoms with E-state index in [0.29, 0.717) is 6.42 Å². The normalized spacial score (nSPS) is 21.2. The van der Waals surface area contributed by atoms with Gasteiger partial charge in [-0.3, -0.25) is 4.79 Å². The van der Waals surface area contributed by atoms with Gasteiger partial charge in [-0.05, 0) is 54.4 Å². The maximum absolute atomic E-state index is 11.1. The van der Waals surface area contributed by atoms with Gasteiger partial charge in [0.2, 0.25) is 0 Å². The van der Waals surface area contributed by atoms with Crippen molar-refractivity contribution in [3.63, 3.8) is 0 Å². The van der Waals surface area contributed by atoms with Crippen molar-refractivity contribution in [2.45, 2.75) is 56.6 Å². The summed E-state index contributed by atoms with van der Waals surface area (Å²) in [5, 5.41) is 19.5. The van der Waals surface area contributed by atoms with Crippen molar-refractivity contribution in [3.8, 4) is 11.1 Å². The van der Waals surface area contributed by atoms with Crippen LogP contribution < -0.4 is 5.73 Å². The minimum atomic E-state index is -0.759. The van der Waals surface area contributed by atoms with E-state index in [0.717, 1.165) is 47.9 Å². The van der Waals surface area contributed by atoms with Crippen LogP contribution in [0.25, 0.3) is 11.1 Å². The van der Waals surface area contributed by atoms with Gasteiger partial charge in [0.05, 0.1) is 11.5 Å². The van der Waals surface area contributed by atoms with Crippen LogP contribution in [-0.2, 0) is 10.4 Å². The van der Waals surface area contributed by atoms with Crippen LogP contribution in [0.2, 0.25) is 0 Å². The molecule has 1 saturated carbocycles. The van der Waals surface area contributed by atoms with Gasteiger partial charge in [0.1, 0.15) is 0 Å². The van der Waals surface area contributed by atoms with Crippen LogP contribution in [0.5, 0.6) is 0 Å². The fourth-order valence-corrected chi connectivity index (χ4v) is 4.25. The minimum absolute atomic E-state index is 0.277. The van der Waals surface area contributed by atoms with E-state index in [9.17, 15) is 9.90 Å². The molecule has 4 rings (SSSR count). The molecular weight excluding hydrogens is 398 g/mol. The van der Waals surface area contributed by atoms with Gasteiger partial charge in [-0.1, -0.05) is 91.9 Å². The highest BCUT2D eigenvalue weighted by Gasteiger charge is 2.33. The van der Waals surface area contributed by atoms with Gasteiger partial charge in [-0.15, -0.1) is 0 Å². The zero-order valence-electron chi connectivity index (χ0n) is 18.7. The Kier molecular flexibility index (Phi) is 8.20. The maximum Gasteiger partial charge on any atom is 0.310 e. The first-order valence-electron chi connectivity index (χ1n) is 11.3. The molecule has 0 saturated heterocycles. The Balaban J connectivity index is 0.000000186. The molecule has 0 heterocycles. The van der Waals surface area contributed by atoms with E-state index in [1.807, 2.05) is 91.9 Å². The van der Waals surface area contributed by atoms with Gasteiger partial charge < -0.3 is 15.9 Å². The molecular formula is C28H33NO3. The summed E-state index contributed by atoms with van der Waals surface area (Å²) >= 11 is 0. The van der Waals surface area contributed by atoms with Crippen LogP contribution in [0.4, 0.5) is 0 Å². The number of benzene rings is 3. The second-order valence-electron chi connectivity index (χ2n) is 8.52. The molecule has 4 N–H and O–H groups in total. The lowest BCUT2D eigenvalue weighted by molar-refractivity contribution is -0.138. The number of aliphatic carboxylic acids is 1. The van der Waals surface area contributed by atoms with Gasteiger partial charge in [-0.25, -0.2) is 0 Å². The van der Waals surface area contributed by atoms with E-state index < -0.39 is 17.5 Å². The quantitative estimate of drug-likeness (QED) is 0.483. The standard InChI is InChI=1S/C16H16O2.C12H17NO/c1-2-15(16(17)18)14-10-8-13(9-11-14)12-6-4-3-5-7-12;13-11-6-8-12(14,9-7-11)10-4-2-1-3-5-10/h3-11,15H,2H2,1H3,(H,17,18);1-5,11,14H,6-9,13H2. The molecule has 3 aromatic rings. The second kappa shape index (κ2) is 11.1. The number of aliphatic hydroxyl groups is 1. The fraction of sp³-hybridized carbons (Fsp3) is 0.321. The summed E-state index contributed by atoms with van der Waals surface area (Å²) in [7, 11) is 0. The first kappa shape index (κ1) is 23.7. The van der Waals surface area contributed by atoms with Crippen LogP contribution >= 0.6 is 0 Å². The topological polar surface area (TPSA) is 83.5 Å². The van der Waals surface area contributed by atoms with Gasteiger partial charge in [0.15, 0.2) is 0 Å². The van der Waals surface area contributed by atoms with Crippen molar-refractivity contribution >= 4 is 5.97 Å². The Morgan fingerprint density at radius 3 is 1.91 bits per heavy atom. The highest BCUT2D eigenvalue weighted by atomic mass is 16.4. The zero-order chi connectivity index (χ0) is 23.0. The molecule has 0 amide bonds. The van der Waals surface area contributed by atoms with Crippen molar-refractivity contribution in [2.75, 3.05) is 0 Å². The molecule has 168 valence electrons. The number of rotatable bonds is 5. The average Bonchev–Trinajstić information content (AvgIpc) is 2.83. The van der Waals surface area contributed by atoms with Crippen molar-refractivity contribution in [3.05, 3.63) is 96.1 Å². The number of carboxylic acids is 1. The molecule has 1 atom stereocenters. The molecule has 0 aromatic heterocycles. The lowest BCUT2D eigenvalue weighted by atomic mass is 9.78. The van der Waals surface area contributed by atoms with Gasteiger partial charge in [0.25, 0.3) is 0 Å². The third kappa shape index (κ3) is 6.06. The molecule has 4 nitrogen and oxygen atoms in total. The number of nitrogens with two attached hydrogens (primary N) is 1. The maximum atomic E-state index is 11.1. The highest BCUT2D eigenvalue weighted by molar-refractivity contribution is 5.76. The van der Waals surface area contributed by atoms with Crippen LogP contribution in [0, 0.1) is 0 Å². The summed E-state index contributed by atoms with van der Waals surface area (Å²) in [4.78, 5) is 11.1. The zero-order valence-corrected chi connectivity index (χ0v) is 18.7. The van der Waals surface area contributed by atoms with E-state index in [2.05, 4.69) is 0 Å². The van der Waals surface area contributed by atoms with Crippen LogP contribution in [0.3, 0.4) is 0 Å². The Hall–Kier alpha value is -2.95. The average molecular weight is 432 g/mol. The van der Waals surface area contributed by atoms with E-state index in [-0.39, 0.29) is 6.04 Å². The molecule has 0 bridgehead atoms. The van der Waals surface area contributed by atoms with Gasteiger partial charge >= 0.3 is 5.97 Å². The van der Waals surface area contributed by atoms with Crippen molar-refractivity contribution in [1.82, 2.24) is 0 Å². The van der Waals surface area contributed by atoms with Crippen LogP contribution in [0.1, 0.15) is 56.1 Å². The summed E-state index contributed by atoms with van der Waals surface area (Å²) in [5.41, 5.74) is 9.35. The summed E-state index contributed by atoms with van der Waals surface area (Å²) in [6, 6.07) is 28.0. The van der Waals surface area contributed by atoms with Crippen LogP contribution in [-0.4, -0.2) is 22.2 Å². The minimum Gasteiger partial charge on any atom is -0.481 e. The second-order valence-corrected chi connectivity index (χ2v) is 8.52. The molecule has 1 fully saturated rings. The number of carbonyl (C=O) groups is 1. The summed E-state index contributed by atoms with van der Waals surface area (Å²) in [5.74, 6) is -1.17. The number of hydrogen-bond acceptors (Lipinski definition) is 3. The van der Waals surface area contributed by atoms with Crippen molar-refractivity contribution < 1.29 is 15.0 Å². The Labute approximate surface area is 190 Å². The lowest BCUT2D eigenvalue weighted by Gasteiger charge is -2.35. The van der Waals surface area contributed by atoms with E-state index >= 15 is 0 Å². The molecule has 0 aliphatic heterocycles. The van der Waals surface area contributed by atoms with Gasteiger partial charge in [-0.2, -0.15) is 0 Å². The monoisotopic (exact) mass is 431 g/mol. The Morgan fingerprint density at radius 1 is 0.906 bits per heavy atom. The van der Waals surface area contributed by atoms with Gasteiger partial charge in [0, 0.05) is 6.04 Å². The SMILES string of the molecule is CCC(C(=O)O)c1ccc(-c2ccccc2)cc1.NC1CCC(O)(c2ccccc2)CC1. The highest BCUT2D eigenvalue weighted by Crippen LogP contribution is 2.36. The first-order valence-corrected chi connectivity index (χ1v) is 11.3. The molecule has 0 spiro atoms. The number of hydrogen-bond donors (Lipinski definition) is 3. The third-order valence-electron chi connectivity index (χ3n) is 6.30. The molecule has 0 radical (unpaired) electrons. The molecule has 4 heteroatoms. The van der Waals surface area contributed by atoms with E-state index in [4.69, 9.17) is 10.8 Å². The lowest BCUT2D eigenvalue weighted by Crippen LogP contribution is -2.36. The van der Waals surface area contributed by atoms with E-state index in [1.54, 1.807) is 0 Å². The summed E-state index contributed by atoms with van der Waals surface area (Å²) in [6.07, 6.45) is 4.03. The molecule has 3 aromatic carbocycles. The molecule has 1 unspecified atom stereocenters. The fourth-order valence-electron chi connectivity index (χ4n) is 4.25. The molecule has 1 aliphatic rings. The largest absolute Gasteiger partial charge is 0.481 e. The summed E-state index contributed by atoms with van der Waals surface area (Å²) in [6.45, 7) is 1.89. The number of carboxylic acid groups (broad SMARTS) is 1. The predicted octanol–water partition coefficient (Wildman–Crippen LogP) is 5.71. The van der Waals surface area contributed by atoms with Crippen molar-refractivity contribution in [1.29, 1.82) is 0 Å². The smallest absolute Gasteiger partial charge is 0.310 e. The van der Waals surface area contributed by atoms with Crippen LogP contribution in [0.15, 0.2) is 84.9 Å². The third-order valence-corrected chi connectivity index (χ3v) is 6.30. The molecule has 1 aliphatic carbocycles. The first-order chi connectivity index (χ1) is 15.4. The Morgan fingerprint density at radius 2 is 1.41 bits per heavy atom. The Bertz CT molecular complexity index is 963. The summed E-state index contributed by atoms with van der Waals surface area (Å²) < 4.78 is 0. The predicted molar refractivity (Wildman–Crippen MR) is 129 cm³/mol.